The zero-order valence-electron chi connectivity index (χ0n) is 9.70. The summed E-state index contributed by atoms with van der Waals surface area (Å²) in [5.74, 6) is 0.610. The minimum absolute atomic E-state index is 0.218. The molecule has 0 saturated carbocycles. The van der Waals surface area contributed by atoms with E-state index in [1.807, 2.05) is 6.92 Å². The fourth-order valence-corrected chi connectivity index (χ4v) is 2.13. The number of furan rings is 1. The first kappa shape index (κ1) is 12.1. The molecule has 0 aliphatic carbocycles. The number of hydrogen-bond donors (Lipinski definition) is 1. The molecule has 2 unspecified atom stereocenters. The maximum Gasteiger partial charge on any atom is 0.433 e. The molecule has 2 rings (SSSR count). The van der Waals surface area contributed by atoms with Crippen molar-refractivity contribution < 1.29 is 14.4 Å². The van der Waals surface area contributed by atoms with Crippen molar-refractivity contribution in [2.75, 3.05) is 13.1 Å². The Morgan fingerprint density at radius 3 is 3.00 bits per heavy atom. The molecule has 0 bridgehead atoms. The quantitative estimate of drug-likeness (QED) is 0.638. The molecule has 1 saturated heterocycles. The summed E-state index contributed by atoms with van der Waals surface area (Å²) >= 11 is 0. The summed E-state index contributed by atoms with van der Waals surface area (Å²) in [4.78, 5) is 12.1. The average molecular weight is 240 g/mol. The zero-order chi connectivity index (χ0) is 12.4. The minimum atomic E-state index is -0.536. The lowest BCUT2D eigenvalue weighted by Gasteiger charge is -2.33. The molecule has 0 amide bonds. The number of aliphatic hydroxyl groups excluding tert-OH is 1. The van der Waals surface area contributed by atoms with Gasteiger partial charge in [0.25, 0.3) is 0 Å². The molecule has 1 N–H and O–H groups in total. The van der Waals surface area contributed by atoms with Gasteiger partial charge in [-0.1, -0.05) is 6.92 Å². The first-order valence-electron chi connectivity index (χ1n) is 5.70. The minimum Gasteiger partial charge on any atom is -0.404 e. The van der Waals surface area contributed by atoms with E-state index in [0.29, 0.717) is 12.3 Å². The molecule has 1 aromatic heterocycles. The van der Waals surface area contributed by atoms with Crippen molar-refractivity contribution in [3.8, 4) is 0 Å². The summed E-state index contributed by atoms with van der Waals surface area (Å²) in [6, 6.07) is 3.01. The van der Waals surface area contributed by atoms with Crippen LogP contribution in [0.1, 0.15) is 19.1 Å². The van der Waals surface area contributed by atoms with E-state index >= 15 is 0 Å². The molecular weight excluding hydrogens is 224 g/mol. The molecule has 6 nitrogen and oxygen atoms in total. The van der Waals surface area contributed by atoms with Crippen LogP contribution in [0.4, 0.5) is 5.88 Å². The third-order valence-electron chi connectivity index (χ3n) is 3.15. The highest BCUT2D eigenvalue weighted by Crippen LogP contribution is 2.21. The van der Waals surface area contributed by atoms with Crippen molar-refractivity contribution in [1.29, 1.82) is 0 Å². The molecular formula is C11H16N2O4. The van der Waals surface area contributed by atoms with Crippen LogP contribution in [0.2, 0.25) is 0 Å². The van der Waals surface area contributed by atoms with Gasteiger partial charge in [0, 0.05) is 13.1 Å². The highest BCUT2D eigenvalue weighted by atomic mass is 16.6. The predicted octanol–water partition coefficient (Wildman–Crippen LogP) is 1.39. The summed E-state index contributed by atoms with van der Waals surface area (Å²) in [6.07, 6.45) is 0.501. The Labute approximate surface area is 99.0 Å². The molecule has 2 atom stereocenters. The van der Waals surface area contributed by atoms with Crippen LogP contribution < -0.4 is 0 Å². The Balaban J connectivity index is 1.94. The van der Waals surface area contributed by atoms with Crippen LogP contribution in [0.3, 0.4) is 0 Å². The number of likely N-dealkylation sites (tertiary alicyclic amines) is 1. The van der Waals surface area contributed by atoms with Crippen LogP contribution >= 0.6 is 0 Å². The van der Waals surface area contributed by atoms with Gasteiger partial charge in [-0.3, -0.25) is 15.0 Å². The topological polar surface area (TPSA) is 79.8 Å². The molecule has 0 aromatic carbocycles. The van der Waals surface area contributed by atoms with Gasteiger partial charge in [-0.2, -0.15) is 0 Å². The summed E-state index contributed by atoms with van der Waals surface area (Å²) < 4.78 is 5.11. The van der Waals surface area contributed by atoms with Crippen molar-refractivity contribution in [2.24, 2.45) is 5.92 Å². The maximum atomic E-state index is 10.5. The van der Waals surface area contributed by atoms with E-state index in [-0.39, 0.29) is 17.9 Å². The van der Waals surface area contributed by atoms with E-state index in [2.05, 4.69) is 4.90 Å². The molecule has 2 heterocycles. The van der Waals surface area contributed by atoms with Crippen molar-refractivity contribution in [3.63, 3.8) is 0 Å². The Kier molecular flexibility index (Phi) is 3.44. The third-order valence-corrected chi connectivity index (χ3v) is 3.15. The summed E-state index contributed by atoms with van der Waals surface area (Å²) in [5.41, 5.74) is 0. The average Bonchev–Trinajstić information content (AvgIpc) is 2.72. The second-order valence-corrected chi connectivity index (χ2v) is 4.57. The number of nitrogens with zero attached hydrogens (tertiary/aromatic N) is 2. The Hall–Kier alpha value is -1.40. The molecule has 6 heteroatoms. The van der Waals surface area contributed by atoms with Gasteiger partial charge in [-0.25, -0.2) is 0 Å². The molecule has 0 spiro atoms. The molecule has 17 heavy (non-hydrogen) atoms. The van der Waals surface area contributed by atoms with Gasteiger partial charge in [0.15, 0.2) is 0 Å². The van der Waals surface area contributed by atoms with Crippen molar-refractivity contribution in [1.82, 2.24) is 4.90 Å². The van der Waals surface area contributed by atoms with Crippen molar-refractivity contribution >= 4 is 5.88 Å². The number of piperidine rings is 1. The van der Waals surface area contributed by atoms with E-state index < -0.39 is 4.92 Å². The van der Waals surface area contributed by atoms with Gasteiger partial charge in [0.05, 0.1) is 18.7 Å². The smallest absolute Gasteiger partial charge is 0.404 e. The number of hydrogen-bond acceptors (Lipinski definition) is 5. The van der Waals surface area contributed by atoms with Gasteiger partial charge in [-0.15, -0.1) is 0 Å². The van der Waals surface area contributed by atoms with Gasteiger partial charge < -0.3 is 9.52 Å². The van der Waals surface area contributed by atoms with E-state index in [1.165, 1.54) is 6.07 Å². The molecule has 1 fully saturated rings. The first-order valence-corrected chi connectivity index (χ1v) is 5.70. The third kappa shape index (κ3) is 2.83. The van der Waals surface area contributed by atoms with Crippen LogP contribution in [0.5, 0.6) is 0 Å². The lowest BCUT2D eigenvalue weighted by Crippen LogP contribution is -2.41. The summed E-state index contributed by atoms with van der Waals surface area (Å²) in [6.45, 7) is 4.14. The first-order chi connectivity index (χ1) is 8.06. The van der Waals surface area contributed by atoms with Gasteiger partial charge >= 0.3 is 5.88 Å². The lowest BCUT2D eigenvalue weighted by molar-refractivity contribution is -0.402. The molecule has 1 aliphatic heterocycles. The van der Waals surface area contributed by atoms with E-state index in [0.717, 1.165) is 19.5 Å². The van der Waals surface area contributed by atoms with Gasteiger partial charge in [0.1, 0.15) is 10.7 Å². The van der Waals surface area contributed by atoms with E-state index in [1.54, 1.807) is 6.07 Å². The monoisotopic (exact) mass is 240 g/mol. The number of rotatable bonds is 3. The van der Waals surface area contributed by atoms with Crippen LogP contribution in [0, 0.1) is 16.0 Å². The fourth-order valence-electron chi connectivity index (χ4n) is 2.13. The zero-order valence-corrected chi connectivity index (χ0v) is 9.70. The van der Waals surface area contributed by atoms with Crippen molar-refractivity contribution in [2.45, 2.75) is 26.0 Å². The Morgan fingerprint density at radius 2 is 2.41 bits per heavy atom. The van der Waals surface area contributed by atoms with Crippen molar-refractivity contribution in [3.05, 3.63) is 28.0 Å². The fraction of sp³-hybridized carbons (Fsp3) is 0.636. The van der Waals surface area contributed by atoms with Gasteiger partial charge in [-0.05, 0) is 18.4 Å². The maximum absolute atomic E-state index is 10.5. The number of aliphatic hydroxyl groups is 1. The molecule has 94 valence electrons. The van der Waals surface area contributed by atoms with Crippen LogP contribution in [-0.2, 0) is 6.54 Å². The normalized spacial score (nSPS) is 26.0. The number of nitro groups is 1. The molecule has 0 radical (unpaired) electrons. The predicted molar refractivity (Wildman–Crippen MR) is 60.4 cm³/mol. The van der Waals surface area contributed by atoms with Crippen LogP contribution in [0.25, 0.3) is 0 Å². The lowest BCUT2D eigenvalue weighted by atomic mass is 9.97. The SMILES string of the molecule is CC1CN(Cc2ccc([N+](=O)[O-])o2)CCC1O. The largest absolute Gasteiger partial charge is 0.433 e. The Bertz CT molecular complexity index is 404. The molecule has 1 aliphatic rings. The summed E-state index contributed by atoms with van der Waals surface area (Å²) in [5, 5.41) is 20.1. The summed E-state index contributed by atoms with van der Waals surface area (Å²) in [7, 11) is 0. The van der Waals surface area contributed by atoms with Crippen LogP contribution in [-0.4, -0.2) is 34.1 Å². The second-order valence-electron chi connectivity index (χ2n) is 4.57. The van der Waals surface area contributed by atoms with E-state index in [9.17, 15) is 15.2 Å². The Morgan fingerprint density at radius 1 is 1.65 bits per heavy atom. The van der Waals surface area contributed by atoms with E-state index in [4.69, 9.17) is 4.42 Å². The second kappa shape index (κ2) is 4.85. The highest BCUT2D eigenvalue weighted by Gasteiger charge is 2.25. The van der Waals surface area contributed by atoms with Crippen LogP contribution in [0.15, 0.2) is 16.5 Å². The highest BCUT2D eigenvalue weighted by molar-refractivity contribution is 5.17. The van der Waals surface area contributed by atoms with Gasteiger partial charge in [0.2, 0.25) is 0 Å². The molecule has 1 aromatic rings. The standard InChI is InChI=1S/C11H16N2O4/c1-8-6-12(5-4-10(8)14)7-9-2-3-11(17-9)13(15)16/h2-3,8,10,14H,4-7H2,1H3.